The van der Waals surface area contributed by atoms with E-state index in [-0.39, 0.29) is 30.3 Å². The molecular formula is C25H24F7N5O. The highest BCUT2D eigenvalue weighted by Crippen LogP contribution is 2.55. The highest BCUT2D eigenvalue weighted by molar-refractivity contribution is 5.36. The predicted octanol–water partition coefficient (Wildman–Crippen LogP) is 5.61. The van der Waals surface area contributed by atoms with Gasteiger partial charge in [0.05, 0.1) is 35.9 Å². The van der Waals surface area contributed by atoms with Crippen LogP contribution in [0.3, 0.4) is 0 Å². The minimum Gasteiger partial charge on any atom is -0.368 e. The zero-order chi connectivity index (χ0) is 27.5. The van der Waals surface area contributed by atoms with E-state index in [4.69, 9.17) is 4.74 Å². The van der Waals surface area contributed by atoms with Gasteiger partial charge in [-0.15, -0.1) is 10.2 Å². The van der Waals surface area contributed by atoms with E-state index in [2.05, 4.69) is 20.7 Å². The van der Waals surface area contributed by atoms with Crippen LogP contribution in [0.1, 0.15) is 60.4 Å². The summed E-state index contributed by atoms with van der Waals surface area (Å²) in [5.41, 5.74) is -5.61. The molecule has 5 rings (SSSR count). The Morgan fingerprint density at radius 1 is 1.00 bits per heavy atom. The van der Waals surface area contributed by atoms with Gasteiger partial charge < -0.3 is 4.74 Å². The number of nitrogens with zero attached hydrogens (tertiary/aromatic N) is 4. The molecule has 2 aromatic carbocycles. The lowest BCUT2D eigenvalue weighted by atomic mass is 9.79. The van der Waals surface area contributed by atoms with Gasteiger partial charge in [0.15, 0.2) is 5.67 Å². The van der Waals surface area contributed by atoms with Crippen LogP contribution in [0.4, 0.5) is 30.7 Å². The largest absolute Gasteiger partial charge is 0.416 e. The molecule has 0 spiro atoms. The van der Waals surface area contributed by atoms with Crippen LogP contribution in [0, 0.1) is 0 Å². The summed E-state index contributed by atoms with van der Waals surface area (Å²) in [6, 6.07) is 9.55. The van der Waals surface area contributed by atoms with E-state index >= 15 is 4.39 Å². The quantitative estimate of drug-likeness (QED) is 0.424. The van der Waals surface area contributed by atoms with E-state index in [1.165, 1.54) is 14.0 Å². The average Bonchev–Trinajstić information content (AvgIpc) is 3.40. The summed E-state index contributed by atoms with van der Waals surface area (Å²) < 4.78 is 103. The topological polar surface area (TPSA) is 64.9 Å². The van der Waals surface area contributed by atoms with Gasteiger partial charge >= 0.3 is 12.4 Å². The van der Waals surface area contributed by atoms with Crippen molar-refractivity contribution in [1.82, 2.24) is 25.5 Å². The summed E-state index contributed by atoms with van der Waals surface area (Å²) in [5.74, 6) is -0.100. The number of rotatable bonds is 5. The monoisotopic (exact) mass is 543 g/mol. The first-order valence-corrected chi connectivity index (χ1v) is 11.9. The number of piperidine rings is 1. The van der Waals surface area contributed by atoms with Crippen molar-refractivity contribution in [1.29, 1.82) is 0 Å². The van der Waals surface area contributed by atoms with Crippen LogP contribution in [0.15, 0.2) is 48.5 Å². The van der Waals surface area contributed by atoms with E-state index in [1.807, 2.05) is 0 Å². The lowest BCUT2D eigenvalue weighted by molar-refractivity contribution is -0.143. The van der Waals surface area contributed by atoms with Crippen molar-refractivity contribution in [3.05, 3.63) is 76.6 Å². The fourth-order valence-electron chi connectivity index (χ4n) is 5.59. The number of halogens is 7. The van der Waals surface area contributed by atoms with Crippen molar-refractivity contribution in [3.63, 3.8) is 0 Å². The van der Waals surface area contributed by atoms with Gasteiger partial charge in [-0.05, 0) is 54.3 Å². The number of fused-ring (bicyclic) bond motifs is 2. The molecule has 204 valence electrons. The Morgan fingerprint density at radius 3 is 2.18 bits per heavy atom. The predicted molar refractivity (Wildman–Crippen MR) is 120 cm³/mol. The highest BCUT2D eigenvalue weighted by Gasteiger charge is 2.64. The third kappa shape index (κ3) is 4.55. The molecule has 2 aliphatic rings. The Hall–Kier alpha value is -3.06. The van der Waals surface area contributed by atoms with Gasteiger partial charge in [-0.2, -0.15) is 31.1 Å². The molecule has 0 saturated carbocycles. The number of alkyl halides is 7. The zero-order valence-electron chi connectivity index (χ0n) is 20.3. The van der Waals surface area contributed by atoms with Gasteiger partial charge in [0.2, 0.25) is 5.82 Å². The standard InChI is InChI=1S/C25H24F7N5O/c1-14(15-10-17(24(27,28)29)12-18(11-15)25(30,31)32)38-20-9-8-19-22(26,21-34-36-37(2)35-21)13-23(20,33-19)16-6-4-3-5-7-16/h3-7,10-12,14,19-20,33H,8-9,13H2,1-2H3/t14-,19-,20+,22-,23+/m0/s1. The maximum atomic E-state index is 16.6. The molecule has 6 nitrogen and oxygen atoms in total. The Bertz CT molecular complexity index is 1280. The molecule has 3 aromatic rings. The number of ether oxygens (including phenoxy) is 1. The first-order chi connectivity index (χ1) is 17.7. The lowest BCUT2D eigenvalue weighted by Gasteiger charge is -2.43. The third-order valence-corrected chi connectivity index (χ3v) is 7.40. The average molecular weight is 543 g/mol. The van der Waals surface area contributed by atoms with Crippen LogP contribution in [0.25, 0.3) is 0 Å². The van der Waals surface area contributed by atoms with E-state index < -0.39 is 52.9 Å². The minimum absolute atomic E-state index is 0.0801. The number of nitrogens with one attached hydrogen (secondary N) is 1. The molecule has 2 fully saturated rings. The number of aryl methyl sites for hydroxylation is 1. The summed E-state index contributed by atoms with van der Waals surface area (Å²) in [7, 11) is 1.51. The molecule has 1 aromatic heterocycles. The second-order valence-corrected chi connectivity index (χ2v) is 9.86. The van der Waals surface area contributed by atoms with Crippen molar-refractivity contribution in [2.75, 3.05) is 0 Å². The van der Waals surface area contributed by atoms with Gasteiger partial charge in [-0.3, -0.25) is 5.32 Å². The Kier molecular flexibility index (Phi) is 6.29. The van der Waals surface area contributed by atoms with Crippen LogP contribution in [-0.4, -0.2) is 32.4 Å². The summed E-state index contributed by atoms with van der Waals surface area (Å²) in [4.78, 5) is 1.15. The van der Waals surface area contributed by atoms with Crippen LogP contribution >= 0.6 is 0 Å². The summed E-state index contributed by atoms with van der Waals surface area (Å²) in [6.45, 7) is 1.39. The number of hydrogen-bond acceptors (Lipinski definition) is 5. The maximum Gasteiger partial charge on any atom is 0.416 e. The molecule has 5 atom stereocenters. The van der Waals surface area contributed by atoms with Gasteiger partial charge in [-0.1, -0.05) is 30.3 Å². The molecule has 0 radical (unpaired) electrons. The van der Waals surface area contributed by atoms with Crippen LogP contribution in [-0.2, 0) is 35.3 Å². The number of tetrazole rings is 1. The zero-order valence-corrected chi connectivity index (χ0v) is 20.3. The first-order valence-electron chi connectivity index (χ1n) is 11.9. The summed E-state index contributed by atoms with van der Waals surface area (Å²) in [6.07, 6.45) is -11.5. The number of benzene rings is 2. The lowest BCUT2D eigenvalue weighted by Crippen LogP contribution is -2.55. The van der Waals surface area contributed by atoms with Crippen molar-refractivity contribution < 1.29 is 35.5 Å². The Balaban J connectivity index is 1.53. The SMILES string of the molecule is C[C@H](O[C@@H]1CC[C@@H]2N[C@@]1(c1ccccc1)C[C@@]2(F)c1nnn(C)n1)c1cc(C(F)(F)F)cc(C(F)(F)F)c1. The Labute approximate surface area is 213 Å². The molecule has 0 amide bonds. The molecule has 0 unspecified atom stereocenters. The molecule has 1 N–H and O–H groups in total. The number of hydrogen-bond donors (Lipinski definition) is 1. The fourth-order valence-corrected chi connectivity index (χ4v) is 5.59. The van der Waals surface area contributed by atoms with E-state index in [1.54, 1.807) is 30.3 Å². The van der Waals surface area contributed by atoms with Crippen molar-refractivity contribution in [3.8, 4) is 0 Å². The van der Waals surface area contributed by atoms with Gasteiger partial charge in [0.25, 0.3) is 0 Å². The van der Waals surface area contributed by atoms with Gasteiger partial charge in [0.1, 0.15) is 0 Å². The van der Waals surface area contributed by atoms with Crippen molar-refractivity contribution in [2.24, 2.45) is 7.05 Å². The maximum absolute atomic E-state index is 16.6. The summed E-state index contributed by atoms with van der Waals surface area (Å²) >= 11 is 0. The normalized spacial score (nSPS) is 28.4. The third-order valence-electron chi connectivity index (χ3n) is 7.40. The minimum atomic E-state index is -4.98. The number of aromatic nitrogens is 4. The second kappa shape index (κ2) is 9.01. The molecule has 38 heavy (non-hydrogen) atoms. The van der Waals surface area contributed by atoms with E-state index in [0.717, 1.165) is 4.80 Å². The molecule has 13 heteroatoms. The molecule has 2 aliphatic heterocycles. The molecule has 2 saturated heterocycles. The van der Waals surface area contributed by atoms with E-state index in [0.29, 0.717) is 24.1 Å². The first kappa shape index (κ1) is 26.5. The fraction of sp³-hybridized carbons (Fsp3) is 0.480. The van der Waals surface area contributed by atoms with Crippen molar-refractivity contribution in [2.45, 2.75) is 68.0 Å². The van der Waals surface area contributed by atoms with Crippen LogP contribution < -0.4 is 5.32 Å². The van der Waals surface area contributed by atoms with Crippen LogP contribution in [0.2, 0.25) is 0 Å². The smallest absolute Gasteiger partial charge is 0.368 e. The van der Waals surface area contributed by atoms with Gasteiger partial charge in [0, 0.05) is 12.5 Å². The molecular weight excluding hydrogens is 519 g/mol. The van der Waals surface area contributed by atoms with Crippen molar-refractivity contribution >= 4 is 0 Å². The molecule has 2 bridgehead atoms. The molecule has 0 aliphatic carbocycles. The highest BCUT2D eigenvalue weighted by atomic mass is 19.4. The van der Waals surface area contributed by atoms with E-state index in [9.17, 15) is 26.3 Å². The summed E-state index contributed by atoms with van der Waals surface area (Å²) in [5, 5.41) is 15.0. The van der Waals surface area contributed by atoms with Gasteiger partial charge in [-0.25, -0.2) is 4.39 Å². The second-order valence-electron chi connectivity index (χ2n) is 9.86. The van der Waals surface area contributed by atoms with Crippen LogP contribution in [0.5, 0.6) is 0 Å². The molecule has 3 heterocycles. The Morgan fingerprint density at radius 2 is 1.63 bits per heavy atom.